The lowest BCUT2D eigenvalue weighted by atomic mass is 9.84. The van der Waals surface area contributed by atoms with Crippen molar-refractivity contribution in [2.45, 2.75) is 64.0 Å². The molecule has 0 aromatic heterocycles. The van der Waals surface area contributed by atoms with Crippen LogP contribution in [0, 0.1) is 5.92 Å². The molecule has 0 bridgehead atoms. The number of benzene rings is 1. The Hall–Kier alpha value is -2.14. The van der Waals surface area contributed by atoms with Crippen LogP contribution in [0.25, 0.3) is 0 Å². The van der Waals surface area contributed by atoms with E-state index >= 15 is 0 Å². The van der Waals surface area contributed by atoms with Crippen molar-refractivity contribution in [2.24, 2.45) is 11.7 Å². The highest BCUT2D eigenvalue weighted by Gasteiger charge is 2.24. The van der Waals surface area contributed by atoms with Gasteiger partial charge in [-0.2, -0.15) is 0 Å². The predicted octanol–water partition coefficient (Wildman–Crippen LogP) is 2.93. The van der Waals surface area contributed by atoms with Crippen molar-refractivity contribution < 1.29 is 9.59 Å². The smallest absolute Gasteiger partial charge is 0.250 e. The molecule has 1 aromatic rings. The number of rotatable bonds is 7. The van der Waals surface area contributed by atoms with Crippen LogP contribution in [-0.4, -0.2) is 30.4 Å². The zero-order valence-electron chi connectivity index (χ0n) is 16.2. The second kappa shape index (κ2) is 9.18. The van der Waals surface area contributed by atoms with E-state index in [-0.39, 0.29) is 17.9 Å². The lowest BCUT2D eigenvalue weighted by Gasteiger charge is -2.27. The number of fused-ring (bicyclic) bond motifs is 1. The molecule has 1 fully saturated rings. The lowest BCUT2D eigenvalue weighted by Crippen LogP contribution is -2.44. The molecule has 3 N–H and O–H groups in total. The van der Waals surface area contributed by atoms with Gasteiger partial charge in [0.25, 0.3) is 5.91 Å². The highest BCUT2D eigenvalue weighted by Crippen LogP contribution is 2.29. The Bertz CT molecular complexity index is 695. The molecule has 3 rings (SSSR count). The van der Waals surface area contributed by atoms with E-state index < -0.39 is 6.04 Å². The molecule has 1 aliphatic heterocycles. The zero-order chi connectivity index (χ0) is 19.2. The maximum atomic E-state index is 12.7. The lowest BCUT2D eigenvalue weighted by molar-refractivity contribution is -0.119. The van der Waals surface area contributed by atoms with Gasteiger partial charge in [0, 0.05) is 24.4 Å². The van der Waals surface area contributed by atoms with E-state index in [1.54, 1.807) is 13.0 Å². The van der Waals surface area contributed by atoms with Crippen LogP contribution < -0.4 is 16.0 Å². The molecule has 5 nitrogen and oxygen atoms in total. The van der Waals surface area contributed by atoms with Crippen LogP contribution in [0.15, 0.2) is 36.4 Å². The Kier molecular flexibility index (Phi) is 6.67. The van der Waals surface area contributed by atoms with Gasteiger partial charge in [-0.05, 0) is 37.3 Å². The molecule has 0 saturated heterocycles. The second-order valence-corrected chi connectivity index (χ2v) is 7.86. The first-order valence-electron chi connectivity index (χ1n) is 10.2. The van der Waals surface area contributed by atoms with Gasteiger partial charge in [-0.1, -0.05) is 56.4 Å². The highest BCUT2D eigenvalue weighted by atomic mass is 16.2. The molecular formula is C22H31N3O2. The van der Waals surface area contributed by atoms with Gasteiger partial charge in [0.15, 0.2) is 0 Å². The van der Waals surface area contributed by atoms with Crippen molar-refractivity contribution in [3.8, 4) is 0 Å². The number of para-hydroxylation sites is 1. The van der Waals surface area contributed by atoms with Gasteiger partial charge in [0.2, 0.25) is 5.91 Å². The molecule has 2 atom stereocenters. The topological polar surface area (TPSA) is 75.4 Å². The normalized spacial score (nSPS) is 19.8. The van der Waals surface area contributed by atoms with Crippen molar-refractivity contribution in [1.82, 2.24) is 5.32 Å². The summed E-state index contributed by atoms with van der Waals surface area (Å²) in [6, 6.07) is 7.63. The predicted molar refractivity (Wildman–Crippen MR) is 108 cm³/mol. The molecule has 2 amide bonds. The molecule has 2 aliphatic rings. The van der Waals surface area contributed by atoms with Crippen molar-refractivity contribution in [3.05, 3.63) is 42.0 Å². The van der Waals surface area contributed by atoms with Crippen LogP contribution in [0.1, 0.15) is 51.0 Å². The summed E-state index contributed by atoms with van der Waals surface area (Å²) >= 11 is 0. The maximum absolute atomic E-state index is 12.7. The molecule has 1 unspecified atom stereocenters. The number of amides is 2. The number of nitrogens with zero attached hydrogens (tertiary/aromatic N) is 1. The number of hydrogen-bond acceptors (Lipinski definition) is 3. The van der Waals surface area contributed by atoms with E-state index in [0.717, 1.165) is 25.1 Å². The largest absolute Gasteiger partial charge is 0.368 e. The highest BCUT2D eigenvalue weighted by molar-refractivity contribution is 6.02. The first-order valence-corrected chi connectivity index (χ1v) is 10.2. The quantitative estimate of drug-likeness (QED) is 0.726. The summed E-state index contributed by atoms with van der Waals surface area (Å²) in [5.41, 5.74) is 7.65. The molecule has 1 heterocycles. The Labute approximate surface area is 162 Å². The minimum Gasteiger partial charge on any atom is -0.368 e. The van der Waals surface area contributed by atoms with E-state index in [1.807, 2.05) is 29.2 Å². The van der Waals surface area contributed by atoms with Crippen LogP contribution in [0.5, 0.6) is 0 Å². The van der Waals surface area contributed by atoms with Crippen molar-refractivity contribution in [2.75, 3.05) is 11.4 Å². The summed E-state index contributed by atoms with van der Waals surface area (Å²) in [6.45, 7) is 2.50. The summed E-state index contributed by atoms with van der Waals surface area (Å²) < 4.78 is 0. The molecular weight excluding hydrogens is 338 g/mol. The monoisotopic (exact) mass is 369 g/mol. The van der Waals surface area contributed by atoms with Gasteiger partial charge in [0.1, 0.15) is 0 Å². The Balaban J connectivity index is 1.66. The van der Waals surface area contributed by atoms with Gasteiger partial charge < -0.3 is 10.6 Å². The fourth-order valence-electron chi connectivity index (χ4n) is 4.24. The van der Waals surface area contributed by atoms with Crippen LogP contribution in [-0.2, 0) is 16.0 Å². The second-order valence-electron chi connectivity index (χ2n) is 7.86. The maximum Gasteiger partial charge on any atom is 0.250 e. The minimum atomic E-state index is -0.411. The van der Waals surface area contributed by atoms with E-state index in [2.05, 4.69) is 11.4 Å². The number of anilines is 1. The summed E-state index contributed by atoms with van der Waals surface area (Å²) in [6.07, 6.45) is 11.7. The number of carbonyl (C=O) groups excluding carboxylic acids is 2. The zero-order valence-corrected chi connectivity index (χ0v) is 16.2. The fourth-order valence-corrected chi connectivity index (χ4v) is 4.24. The number of nitrogens with two attached hydrogens (primary N) is 1. The average Bonchev–Trinajstić information content (AvgIpc) is 3.10. The summed E-state index contributed by atoms with van der Waals surface area (Å²) in [5, 5.41) is 3.30. The van der Waals surface area contributed by atoms with Crippen LogP contribution in [0.4, 0.5) is 5.69 Å². The Morgan fingerprint density at radius 2 is 2.00 bits per heavy atom. The first-order chi connectivity index (χ1) is 13.0. The molecule has 1 aliphatic carbocycles. The third-order valence-corrected chi connectivity index (χ3v) is 5.83. The number of carbonyl (C=O) groups is 2. The van der Waals surface area contributed by atoms with Gasteiger partial charge in [0.05, 0.1) is 6.04 Å². The van der Waals surface area contributed by atoms with Crippen LogP contribution in [0.2, 0.25) is 0 Å². The summed E-state index contributed by atoms with van der Waals surface area (Å²) in [7, 11) is 0. The molecule has 1 aromatic carbocycles. The third kappa shape index (κ3) is 5.19. The molecule has 1 saturated carbocycles. The van der Waals surface area contributed by atoms with Gasteiger partial charge >= 0.3 is 0 Å². The van der Waals surface area contributed by atoms with Gasteiger partial charge in [-0.25, -0.2) is 0 Å². The number of hydrogen-bond donors (Lipinski definition) is 2. The third-order valence-electron chi connectivity index (χ3n) is 5.83. The van der Waals surface area contributed by atoms with Gasteiger partial charge in [-0.15, -0.1) is 0 Å². The summed E-state index contributed by atoms with van der Waals surface area (Å²) in [4.78, 5) is 26.1. The van der Waals surface area contributed by atoms with E-state index in [1.165, 1.54) is 37.7 Å². The Morgan fingerprint density at radius 3 is 2.74 bits per heavy atom. The van der Waals surface area contributed by atoms with Crippen LogP contribution >= 0.6 is 0 Å². The summed E-state index contributed by atoms with van der Waals surface area (Å²) in [5.74, 6) is 0.280. The molecule has 27 heavy (non-hydrogen) atoms. The molecule has 0 radical (unpaired) electrons. The molecule has 5 heteroatoms. The van der Waals surface area contributed by atoms with Crippen molar-refractivity contribution in [1.29, 1.82) is 0 Å². The van der Waals surface area contributed by atoms with Crippen molar-refractivity contribution >= 4 is 17.5 Å². The minimum absolute atomic E-state index is 0.00197. The molecule has 0 spiro atoms. The van der Waals surface area contributed by atoms with E-state index in [4.69, 9.17) is 5.73 Å². The van der Waals surface area contributed by atoms with E-state index in [9.17, 15) is 9.59 Å². The number of nitrogens with one attached hydrogen (secondary N) is 1. The van der Waals surface area contributed by atoms with E-state index in [0.29, 0.717) is 5.92 Å². The van der Waals surface area contributed by atoms with Crippen molar-refractivity contribution in [3.63, 3.8) is 0 Å². The number of primary amides is 1. The average molecular weight is 370 g/mol. The fraction of sp³-hybridized carbons (Fsp3) is 0.545. The SMILES string of the molecule is C[C@H](NC(C=CC(=O)N1CCc2ccccc21)CC1CCCCC1)C(N)=O. The standard InChI is InChI=1S/C22H31N3O2/c1-16(22(23)27)24-19(15-17-7-3-2-4-8-17)11-12-21(26)25-14-13-18-9-5-6-10-20(18)25/h5-6,9-12,16-17,19,24H,2-4,7-8,13-15H2,1H3,(H2,23,27)/t16-,19?/m0/s1. The first kappa shape index (κ1) is 19.6. The van der Waals surface area contributed by atoms with Crippen LogP contribution in [0.3, 0.4) is 0 Å². The molecule has 146 valence electrons. The Morgan fingerprint density at radius 1 is 1.26 bits per heavy atom. The van der Waals surface area contributed by atoms with Gasteiger partial charge in [-0.3, -0.25) is 14.9 Å².